The Bertz CT molecular complexity index is 735. The number of hydroxylamine groups is 2. The number of fused-ring (bicyclic) bond motifs is 1. The molecule has 0 saturated heterocycles. The van der Waals surface area contributed by atoms with Crippen molar-refractivity contribution in [3.05, 3.63) is 71.3 Å². The second-order valence-electron chi connectivity index (χ2n) is 5.17. The third-order valence-electron chi connectivity index (χ3n) is 3.71. The Morgan fingerprint density at radius 3 is 2.00 bits per heavy atom. The number of amides is 2. The van der Waals surface area contributed by atoms with Gasteiger partial charge in [0.2, 0.25) is 0 Å². The van der Waals surface area contributed by atoms with Crippen molar-refractivity contribution in [2.75, 3.05) is 0 Å². The van der Waals surface area contributed by atoms with Crippen LogP contribution in [0.25, 0.3) is 0 Å². The van der Waals surface area contributed by atoms with Crippen molar-refractivity contribution in [1.29, 1.82) is 0 Å². The van der Waals surface area contributed by atoms with Gasteiger partial charge in [-0.3, -0.25) is 14.4 Å². The lowest BCUT2D eigenvalue weighted by Crippen LogP contribution is -2.34. The average Bonchev–Trinajstić information content (AvgIpc) is 2.84. The monoisotopic (exact) mass is 309 g/mol. The molecule has 2 aromatic rings. The van der Waals surface area contributed by atoms with Crippen LogP contribution in [0.15, 0.2) is 54.6 Å². The van der Waals surface area contributed by atoms with Gasteiger partial charge in [0.25, 0.3) is 11.8 Å². The van der Waals surface area contributed by atoms with Gasteiger partial charge in [0.15, 0.2) is 11.9 Å². The highest BCUT2D eigenvalue weighted by atomic mass is 16.7. The average molecular weight is 309 g/mol. The number of benzene rings is 2. The Balaban J connectivity index is 1.92. The van der Waals surface area contributed by atoms with E-state index in [9.17, 15) is 14.4 Å². The molecule has 0 aliphatic carbocycles. The molecule has 2 aromatic carbocycles. The summed E-state index contributed by atoms with van der Waals surface area (Å²) in [5.74, 6) is -1.29. The zero-order valence-electron chi connectivity index (χ0n) is 12.6. The molecular formula is C18H15NO4. The molecule has 5 heteroatoms. The normalized spacial score (nSPS) is 14.7. The molecule has 0 radical (unpaired) electrons. The van der Waals surface area contributed by atoms with E-state index in [1.165, 1.54) is 0 Å². The van der Waals surface area contributed by atoms with E-state index in [1.807, 2.05) is 6.07 Å². The molecule has 1 unspecified atom stereocenters. The van der Waals surface area contributed by atoms with Crippen molar-refractivity contribution in [3.63, 3.8) is 0 Å². The van der Waals surface area contributed by atoms with E-state index < -0.39 is 17.9 Å². The van der Waals surface area contributed by atoms with Crippen LogP contribution in [0.5, 0.6) is 0 Å². The van der Waals surface area contributed by atoms with Gasteiger partial charge in [0.05, 0.1) is 11.1 Å². The molecule has 1 heterocycles. The summed E-state index contributed by atoms with van der Waals surface area (Å²) >= 11 is 0. The fraction of sp³-hybridized carbons (Fsp3) is 0.167. The molecule has 0 N–H and O–H groups in total. The topological polar surface area (TPSA) is 63.7 Å². The van der Waals surface area contributed by atoms with Gasteiger partial charge in [0.1, 0.15) is 0 Å². The Morgan fingerprint density at radius 2 is 1.48 bits per heavy atom. The highest BCUT2D eigenvalue weighted by Crippen LogP contribution is 2.28. The molecule has 0 spiro atoms. The quantitative estimate of drug-likeness (QED) is 0.797. The van der Waals surface area contributed by atoms with Crippen molar-refractivity contribution in [2.24, 2.45) is 0 Å². The molecule has 116 valence electrons. The van der Waals surface area contributed by atoms with Crippen LogP contribution >= 0.6 is 0 Å². The summed E-state index contributed by atoms with van der Waals surface area (Å²) in [5.41, 5.74) is 1.18. The minimum atomic E-state index is -0.983. The molecule has 0 bridgehead atoms. The van der Waals surface area contributed by atoms with E-state index >= 15 is 0 Å². The van der Waals surface area contributed by atoms with Crippen molar-refractivity contribution in [3.8, 4) is 0 Å². The van der Waals surface area contributed by atoms with Gasteiger partial charge in [0, 0.05) is 6.42 Å². The second kappa shape index (κ2) is 6.14. The molecule has 2 amide bonds. The molecule has 1 aliphatic heterocycles. The fourth-order valence-electron chi connectivity index (χ4n) is 2.49. The summed E-state index contributed by atoms with van der Waals surface area (Å²) in [4.78, 5) is 42.5. The van der Waals surface area contributed by atoms with E-state index in [2.05, 4.69) is 0 Å². The molecule has 3 rings (SSSR count). The third kappa shape index (κ3) is 2.66. The van der Waals surface area contributed by atoms with Gasteiger partial charge < -0.3 is 0 Å². The predicted molar refractivity (Wildman–Crippen MR) is 82.5 cm³/mol. The van der Waals surface area contributed by atoms with Gasteiger partial charge in [-0.2, -0.15) is 0 Å². The Labute approximate surface area is 133 Å². The predicted octanol–water partition coefficient (Wildman–Crippen LogP) is 2.93. The van der Waals surface area contributed by atoms with E-state index in [1.54, 1.807) is 55.5 Å². The zero-order chi connectivity index (χ0) is 16.4. The number of Topliss-reactive ketones (excluding diaryl/α,β-unsaturated/α-hetero) is 1. The largest absolute Gasteiger partial charge is 0.296 e. The zero-order valence-corrected chi connectivity index (χ0v) is 12.6. The molecule has 1 aliphatic rings. The number of carbonyl (C=O) groups is 3. The maximum Gasteiger partial charge on any atom is 0.285 e. The van der Waals surface area contributed by atoms with E-state index in [-0.39, 0.29) is 23.3 Å². The number of ketones is 1. The first-order chi connectivity index (χ1) is 11.1. The molecular weight excluding hydrogens is 294 g/mol. The van der Waals surface area contributed by atoms with Crippen LogP contribution in [0.4, 0.5) is 0 Å². The van der Waals surface area contributed by atoms with Gasteiger partial charge in [-0.25, -0.2) is 4.84 Å². The van der Waals surface area contributed by atoms with Crippen molar-refractivity contribution in [1.82, 2.24) is 5.06 Å². The first-order valence-electron chi connectivity index (χ1n) is 7.35. The number of imide groups is 1. The number of hydrogen-bond donors (Lipinski definition) is 0. The lowest BCUT2D eigenvalue weighted by Gasteiger charge is -2.21. The van der Waals surface area contributed by atoms with Crippen LogP contribution in [-0.4, -0.2) is 22.7 Å². The number of nitrogens with zero attached hydrogens (tertiary/aromatic N) is 1. The third-order valence-corrected chi connectivity index (χ3v) is 3.71. The fourth-order valence-corrected chi connectivity index (χ4v) is 2.49. The van der Waals surface area contributed by atoms with Crippen LogP contribution in [0, 0.1) is 0 Å². The van der Waals surface area contributed by atoms with Gasteiger partial charge in [-0.1, -0.05) is 49.4 Å². The van der Waals surface area contributed by atoms with Crippen LogP contribution < -0.4 is 0 Å². The summed E-state index contributed by atoms with van der Waals surface area (Å²) in [5, 5.41) is 0.690. The minimum Gasteiger partial charge on any atom is -0.296 e. The number of carbonyl (C=O) groups excluding carboxylic acids is 3. The number of hydrogen-bond acceptors (Lipinski definition) is 4. The van der Waals surface area contributed by atoms with E-state index in [0.717, 1.165) is 0 Å². The highest BCUT2D eigenvalue weighted by molar-refractivity contribution is 6.20. The molecule has 0 aromatic heterocycles. The summed E-state index contributed by atoms with van der Waals surface area (Å²) in [6.07, 6.45) is -0.744. The molecule has 1 atom stereocenters. The first-order valence-corrected chi connectivity index (χ1v) is 7.35. The molecule has 0 saturated carbocycles. The van der Waals surface area contributed by atoms with Crippen LogP contribution in [0.2, 0.25) is 0 Å². The maximum absolute atomic E-state index is 12.4. The molecule has 5 nitrogen and oxygen atoms in total. The van der Waals surface area contributed by atoms with Crippen molar-refractivity contribution in [2.45, 2.75) is 19.4 Å². The summed E-state index contributed by atoms with van der Waals surface area (Å²) in [6.45, 7) is 1.71. The molecule has 0 fully saturated rings. The Kier molecular flexibility index (Phi) is 4.04. The summed E-state index contributed by atoms with van der Waals surface area (Å²) in [6, 6.07) is 15.3. The number of rotatable bonds is 5. The van der Waals surface area contributed by atoms with Gasteiger partial charge >= 0.3 is 0 Å². The first kappa shape index (κ1) is 15.1. The minimum absolute atomic E-state index is 0.201. The Morgan fingerprint density at radius 1 is 0.957 bits per heavy atom. The van der Waals surface area contributed by atoms with E-state index in [0.29, 0.717) is 10.6 Å². The maximum atomic E-state index is 12.4. The Hall–Kier alpha value is -2.79. The molecule has 23 heavy (non-hydrogen) atoms. The standard InChI is InChI=1S/C18H15NO4/c1-2-15(20)16(12-8-4-3-5-9-12)23-19-17(21)13-10-6-7-11-14(13)18(19)22/h3-11,16H,2H2,1H3. The van der Waals surface area contributed by atoms with Crippen LogP contribution in [0.3, 0.4) is 0 Å². The van der Waals surface area contributed by atoms with Crippen LogP contribution in [0.1, 0.15) is 45.7 Å². The lowest BCUT2D eigenvalue weighted by molar-refractivity contribution is -0.159. The second-order valence-corrected chi connectivity index (χ2v) is 5.17. The summed E-state index contributed by atoms with van der Waals surface area (Å²) < 4.78 is 0. The van der Waals surface area contributed by atoms with Crippen molar-refractivity contribution < 1.29 is 19.2 Å². The smallest absolute Gasteiger partial charge is 0.285 e. The van der Waals surface area contributed by atoms with E-state index in [4.69, 9.17) is 4.84 Å². The van der Waals surface area contributed by atoms with Gasteiger partial charge in [-0.15, -0.1) is 5.06 Å². The van der Waals surface area contributed by atoms with Crippen molar-refractivity contribution >= 4 is 17.6 Å². The highest BCUT2D eigenvalue weighted by Gasteiger charge is 2.39. The summed E-state index contributed by atoms with van der Waals surface area (Å²) in [7, 11) is 0. The lowest BCUT2D eigenvalue weighted by atomic mass is 10.0. The van der Waals surface area contributed by atoms with Gasteiger partial charge in [-0.05, 0) is 17.7 Å². The van der Waals surface area contributed by atoms with Crippen LogP contribution in [-0.2, 0) is 9.63 Å². The SMILES string of the molecule is CCC(=O)C(ON1C(=O)c2ccccc2C1=O)c1ccccc1.